The predicted octanol–water partition coefficient (Wildman–Crippen LogP) is 12.6. The van der Waals surface area contributed by atoms with Crippen molar-refractivity contribution in [1.82, 2.24) is 4.40 Å². The van der Waals surface area contributed by atoms with Gasteiger partial charge in [0.15, 0.2) is 8.07 Å². The fourth-order valence-electron chi connectivity index (χ4n) is 9.32. The minimum Gasteiger partial charge on any atom is -0.311 e. The van der Waals surface area contributed by atoms with Gasteiger partial charge in [-0.25, -0.2) is 4.39 Å². The van der Waals surface area contributed by atoms with Crippen molar-refractivity contribution in [2.24, 2.45) is 0 Å². The molecule has 11 aromatic rings. The molecule has 0 bridgehead atoms. The van der Waals surface area contributed by atoms with E-state index in [9.17, 15) is 4.39 Å². The van der Waals surface area contributed by atoms with Crippen molar-refractivity contribution >= 4 is 83.2 Å². The highest BCUT2D eigenvalue weighted by molar-refractivity contribution is 7.25. The van der Waals surface area contributed by atoms with Gasteiger partial charge in [-0.15, -0.1) is 11.3 Å². The van der Waals surface area contributed by atoms with Gasteiger partial charge in [0, 0.05) is 33.6 Å². The summed E-state index contributed by atoms with van der Waals surface area (Å²) in [4.78, 5) is 3.47. The largest absolute Gasteiger partial charge is 0.311 e. The molecular formula is C56H39FN2SSi. The molecular weight excluding hydrogens is 780 g/mol. The highest BCUT2D eigenvalue weighted by Gasteiger charge is 2.41. The van der Waals surface area contributed by atoms with Crippen LogP contribution in [0.5, 0.6) is 0 Å². The van der Waals surface area contributed by atoms with E-state index in [1.807, 2.05) is 23.5 Å². The first-order valence-electron chi connectivity index (χ1n) is 20.6. The van der Waals surface area contributed by atoms with E-state index >= 15 is 0 Å². The summed E-state index contributed by atoms with van der Waals surface area (Å²) in [6.45, 7) is 0. The van der Waals surface area contributed by atoms with Gasteiger partial charge in [0.25, 0.3) is 0 Å². The lowest BCUT2D eigenvalue weighted by Gasteiger charge is -2.35. The summed E-state index contributed by atoms with van der Waals surface area (Å²) in [5.41, 5.74) is 10.1. The van der Waals surface area contributed by atoms with Gasteiger partial charge in [-0.3, -0.25) is 4.40 Å². The molecule has 2 nitrogen and oxygen atoms in total. The zero-order valence-corrected chi connectivity index (χ0v) is 35.0. The SMILES string of the molecule is Fc1ccc(N(c2ccc(-c3cccc4c3sc3c(-c5ccccc5)c5ccccc5n34)cc2)c2ccc([Si](c3ccccc3)(c3ccccc3)c3ccccc3)cc2)cc1. The number of hydrogen-bond donors (Lipinski definition) is 0. The maximum atomic E-state index is 14.4. The van der Waals surface area contributed by atoms with Crippen LogP contribution in [-0.4, -0.2) is 12.5 Å². The number of para-hydroxylation sites is 1. The summed E-state index contributed by atoms with van der Waals surface area (Å²) >= 11 is 1.85. The molecule has 0 spiro atoms. The van der Waals surface area contributed by atoms with E-state index in [2.05, 4.69) is 222 Å². The monoisotopic (exact) mass is 818 g/mol. The van der Waals surface area contributed by atoms with Crippen LogP contribution in [0.25, 0.3) is 48.2 Å². The molecule has 0 fully saturated rings. The molecule has 0 atom stereocenters. The Morgan fingerprint density at radius 3 is 1.43 bits per heavy atom. The number of halogens is 1. The summed E-state index contributed by atoms with van der Waals surface area (Å²) in [5.74, 6) is -0.261. The van der Waals surface area contributed by atoms with Crippen LogP contribution >= 0.6 is 11.3 Å². The second-order valence-corrected chi connectivity index (χ2v) is 20.2. The summed E-state index contributed by atoms with van der Waals surface area (Å²) in [6, 6.07) is 83.7. The fraction of sp³-hybridized carbons (Fsp3) is 0. The average molecular weight is 819 g/mol. The Hall–Kier alpha value is -7.31. The summed E-state index contributed by atoms with van der Waals surface area (Å²) in [5, 5.41) is 6.54. The zero-order valence-electron chi connectivity index (χ0n) is 33.2. The highest BCUT2D eigenvalue weighted by Crippen LogP contribution is 2.45. The molecule has 0 amide bonds. The van der Waals surface area contributed by atoms with Gasteiger partial charge < -0.3 is 4.90 Å². The number of aromatic nitrogens is 1. The van der Waals surface area contributed by atoms with Crippen molar-refractivity contribution in [1.29, 1.82) is 0 Å². The van der Waals surface area contributed by atoms with E-state index in [0.717, 1.165) is 22.6 Å². The van der Waals surface area contributed by atoms with Crippen LogP contribution < -0.4 is 25.6 Å². The Balaban J connectivity index is 1.03. The standard InChI is InChI=1S/C56H39FN2SSi/c57-42-30-34-44(35-31-42)58(45-36-38-49(39-37-45)61(46-18-7-2-8-19-46,47-20-9-3-10-21-47)48-22-11-4-12-23-48)43-32-28-40(29-33-43)50-25-15-27-53-55(50)60-56-54(41-16-5-1-6-17-41)51-24-13-14-26-52(51)59(53)56/h1-39H. The van der Waals surface area contributed by atoms with Crippen LogP contribution in [0, 0.1) is 5.82 Å². The van der Waals surface area contributed by atoms with Gasteiger partial charge in [0.1, 0.15) is 10.6 Å². The Morgan fingerprint density at radius 1 is 0.393 bits per heavy atom. The third kappa shape index (κ3) is 6.21. The van der Waals surface area contributed by atoms with Crippen LogP contribution in [0.4, 0.5) is 21.5 Å². The van der Waals surface area contributed by atoms with Gasteiger partial charge in [-0.1, -0.05) is 176 Å². The van der Waals surface area contributed by atoms with Gasteiger partial charge >= 0.3 is 0 Å². The Kier molecular flexibility index (Phi) is 9.26. The maximum Gasteiger partial charge on any atom is 0.179 e. The van der Waals surface area contributed by atoms with Crippen molar-refractivity contribution < 1.29 is 4.39 Å². The second-order valence-electron chi connectivity index (χ2n) is 15.4. The zero-order chi connectivity index (χ0) is 40.8. The minimum atomic E-state index is -2.71. The number of thiazole rings is 1. The number of rotatable bonds is 9. The molecule has 2 heterocycles. The summed E-state index contributed by atoms with van der Waals surface area (Å²) < 4.78 is 18.1. The normalized spacial score (nSPS) is 11.7. The smallest absolute Gasteiger partial charge is 0.179 e. The van der Waals surface area contributed by atoms with Crippen molar-refractivity contribution in [3.8, 4) is 22.3 Å². The summed E-state index contributed by atoms with van der Waals surface area (Å²) in [7, 11) is -2.71. The van der Waals surface area contributed by atoms with E-state index in [0.29, 0.717) is 0 Å². The summed E-state index contributed by atoms with van der Waals surface area (Å²) in [6.07, 6.45) is 0. The van der Waals surface area contributed by atoms with Crippen molar-refractivity contribution in [2.75, 3.05) is 4.90 Å². The molecule has 0 unspecified atom stereocenters. The minimum absolute atomic E-state index is 0.261. The molecule has 9 aromatic carbocycles. The first-order valence-corrected chi connectivity index (χ1v) is 23.4. The molecule has 5 heteroatoms. The number of hydrogen-bond acceptors (Lipinski definition) is 2. The molecule has 0 aliphatic carbocycles. The molecule has 0 saturated carbocycles. The van der Waals surface area contributed by atoms with Crippen LogP contribution in [0.3, 0.4) is 0 Å². The lowest BCUT2D eigenvalue weighted by atomic mass is 10.0. The molecule has 0 saturated heterocycles. The molecule has 0 aliphatic rings. The Morgan fingerprint density at radius 2 is 0.852 bits per heavy atom. The third-order valence-electron chi connectivity index (χ3n) is 12.0. The fourth-order valence-corrected chi connectivity index (χ4v) is 15.4. The van der Waals surface area contributed by atoms with Crippen LogP contribution in [-0.2, 0) is 0 Å². The van der Waals surface area contributed by atoms with E-state index in [-0.39, 0.29) is 5.82 Å². The lowest BCUT2D eigenvalue weighted by Crippen LogP contribution is -2.74. The van der Waals surface area contributed by atoms with Gasteiger partial charge in [-0.2, -0.15) is 0 Å². The second kappa shape index (κ2) is 15.4. The quantitative estimate of drug-likeness (QED) is 0.104. The number of anilines is 3. The van der Waals surface area contributed by atoms with Crippen LogP contribution in [0.15, 0.2) is 237 Å². The Bertz CT molecular complexity index is 3180. The van der Waals surface area contributed by atoms with Crippen LogP contribution in [0.2, 0.25) is 0 Å². The highest BCUT2D eigenvalue weighted by atomic mass is 32.1. The third-order valence-corrected chi connectivity index (χ3v) is 18.0. The maximum absolute atomic E-state index is 14.4. The molecule has 0 N–H and O–H groups in total. The van der Waals surface area contributed by atoms with E-state index < -0.39 is 8.07 Å². The molecule has 2 aromatic heterocycles. The van der Waals surface area contributed by atoms with Crippen LogP contribution in [0.1, 0.15) is 0 Å². The van der Waals surface area contributed by atoms with Crippen molar-refractivity contribution in [3.63, 3.8) is 0 Å². The van der Waals surface area contributed by atoms with Gasteiger partial charge in [0.05, 0.1) is 15.7 Å². The number of fused-ring (bicyclic) bond motifs is 5. The predicted molar refractivity (Wildman–Crippen MR) is 259 cm³/mol. The average Bonchev–Trinajstić information content (AvgIpc) is 3.87. The van der Waals surface area contributed by atoms with E-state index in [1.54, 1.807) is 0 Å². The Labute approximate surface area is 359 Å². The first kappa shape index (κ1) is 36.7. The number of benzene rings is 9. The van der Waals surface area contributed by atoms with Gasteiger partial charge in [0.2, 0.25) is 0 Å². The van der Waals surface area contributed by atoms with E-state index in [1.165, 1.54) is 75.5 Å². The molecule has 0 aliphatic heterocycles. The molecule has 0 radical (unpaired) electrons. The van der Waals surface area contributed by atoms with Crippen molar-refractivity contribution in [3.05, 3.63) is 242 Å². The lowest BCUT2D eigenvalue weighted by molar-refractivity contribution is 0.628. The first-order chi connectivity index (χ1) is 30.2. The topological polar surface area (TPSA) is 7.65 Å². The van der Waals surface area contributed by atoms with E-state index in [4.69, 9.17) is 0 Å². The molecule has 290 valence electrons. The molecule has 61 heavy (non-hydrogen) atoms. The molecule has 11 rings (SSSR count). The number of nitrogens with zero attached hydrogens (tertiary/aromatic N) is 2. The van der Waals surface area contributed by atoms with Crippen molar-refractivity contribution in [2.45, 2.75) is 0 Å². The van der Waals surface area contributed by atoms with Gasteiger partial charge in [-0.05, 0) is 92.5 Å².